The van der Waals surface area contributed by atoms with Crippen LogP contribution in [-0.4, -0.2) is 133 Å². The zero-order valence-corrected chi connectivity index (χ0v) is 49.1. The molecule has 0 bridgehead atoms. The van der Waals surface area contributed by atoms with Crippen LogP contribution in [0.15, 0.2) is 48.5 Å². The molecule has 0 spiro atoms. The van der Waals surface area contributed by atoms with E-state index in [-0.39, 0.29) is 105 Å². The lowest BCUT2D eigenvalue weighted by molar-refractivity contribution is -0.144. The molecule has 18 nitrogen and oxygen atoms in total. The third-order valence-corrected chi connectivity index (χ3v) is 16.7. The predicted octanol–water partition coefficient (Wildman–Crippen LogP) is 4.47. The maximum absolute atomic E-state index is 14.7. The number of rotatable bonds is 16. The molecule has 8 amide bonds. The molecule has 2 aromatic carbocycles. The standard InChI is InChI=1S/C58H86N10O8.2ClH/c1-33(59-9)49(69)65-47(57(3,4)5)55(75)67-31-39(29-45(67)53(73)63-43-26-16-20-35-18-11-13-24-41(35)43)61-51(71)37-22-15-23-38(28-37)52(72)62-40-30-46(54(74)64-44-27-17-21-36-19-12-14-25-42(36)44)68(32-40)56(76)48(58(6,7)8)66-50(70)34(2)60-10;;/h11-14,18-19,24-25,33-34,37-40,43-48,59-60H,15-17,20-23,26-32H2,1-10H3,(H,61,71)(H,62,72)(H,63,73)(H,64,74)(H,65,69)(H,66,70);2*1H/t33-,34-,37?,38?,39-,40-,43+,44+,45-,46?,47+,48?;;/m0../s1. The molecule has 78 heavy (non-hydrogen) atoms. The zero-order chi connectivity index (χ0) is 55.2. The molecular formula is C58H88Cl2N10O8. The van der Waals surface area contributed by atoms with Crippen molar-refractivity contribution in [3.8, 4) is 0 Å². The van der Waals surface area contributed by atoms with Gasteiger partial charge in [0.2, 0.25) is 47.3 Å². The number of halogens is 2. The Bertz CT molecular complexity index is 2320. The van der Waals surface area contributed by atoms with Gasteiger partial charge < -0.3 is 52.3 Å². The molecule has 12 atom stereocenters. The van der Waals surface area contributed by atoms with Crippen LogP contribution in [0, 0.1) is 22.7 Å². The second-order valence-electron chi connectivity index (χ2n) is 24.4. The summed E-state index contributed by atoms with van der Waals surface area (Å²) in [4.78, 5) is 117. The van der Waals surface area contributed by atoms with Crippen molar-refractivity contribution in [1.29, 1.82) is 0 Å². The monoisotopic (exact) mass is 1120 g/mol. The summed E-state index contributed by atoms with van der Waals surface area (Å²) in [7, 11) is 3.33. The van der Waals surface area contributed by atoms with Crippen molar-refractivity contribution in [3.63, 3.8) is 0 Å². The number of hydrogen-bond acceptors (Lipinski definition) is 10. The summed E-state index contributed by atoms with van der Waals surface area (Å²) in [6.07, 6.45) is 7.43. The Morgan fingerprint density at radius 1 is 0.500 bits per heavy atom. The summed E-state index contributed by atoms with van der Waals surface area (Å²) in [5.41, 5.74) is 3.02. The van der Waals surface area contributed by atoms with Crippen molar-refractivity contribution >= 4 is 72.1 Å². The normalized spacial score (nSPS) is 25.4. The summed E-state index contributed by atoms with van der Waals surface area (Å²) in [5.74, 6) is -3.75. The first-order chi connectivity index (χ1) is 36.0. The van der Waals surface area contributed by atoms with Gasteiger partial charge in [0.1, 0.15) is 24.2 Å². The smallest absolute Gasteiger partial charge is 0.246 e. The van der Waals surface area contributed by atoms with Gasteiger partial charge in [-0.2, -0.15) is 0 Å². The summed E-state index contributed by atoms with van der Waals surface area (Å²) < 4.78 is 0. The molecule has 2 aromatic rings. The van der Waals surface area contributed by atoms with E-state index in [1.807, 2.05) is 77.9 Å². The van der Waals surface area contributed by atoms with Crippen LogP contribution in [-0.2, 0) is 51.2 Å². The van der Waals surface area contributed by atoms with E-state index in [4.69, 9.17) is 0 Å². The van der Waals surface area contributed by atoms with E-state index >= 15 is 0 Å². The average molecular weight is 1120 g/mol. The molecule has 0 aromatic heterocycles. The minimum atomic E-state index is -0.967. The highest BCUT2D eigenvalue weighted by Gasteiger charge is 2.49. The largest absolute Gasteiger partial charge is 0.351 e. The molecule has 20 heteroatoms. The highest BCUT2D eigenvalue weighted by atomic mass is 35.5. The Kier molecular flexibility index (Phi) is 22.2. The van der Waals surface area contributed by atoms with Gasteiger partial charge in [-0.3, -0.25) is 38.4 Å². The van der Waals surface area contributed by atoms with E-state index in [0.29, 0.717) is 19.3 Å². The fraction of sp³-hybridized carbons (Fsp3) is 0.655. The minimum Gasteiger partial charge on any atom is -0.351 e. The Labute approximate surface area is 474 Å². The second kappa shape index (κ2) is 27.2. The van der Waals surface area contributed by atoms with E-state index in [2.05, 4.69) is 54.7 Å². The number of nitrogens with one attached hydrogen (secondary N) is 8. The lowest BCUT2D eigenvalue weighted by Crippen LogP contribution is -2.59. The average Bonchev–Trinajstić information content (AvgIpc) is 4.03. The fourth-order valence-electron chi connectivity index (χ4n) is 11.9. The number of likely N-dealkylation sites (tertiary alicyclic amines) is 2. The van der Waals surface area contributed by atoms with E-state index in [1.165, 1.54) is 20.9 Å². The zero-order valence-electron chi connectivity index (χ0n) is 47.4. The van der Waals surface area contributed by atoms with Gasteiger partial charge in [0.05, 0.1) is 24.2 Å². The minimum absolute atomic E-state index is 0. The number of carbonyl (C=O) groups is 8. The first-order valence-electron chi connectivity index (χ1n) is 27.9. The number of fused-ring (bicyclic) bond motifs is 2. The maximum Gasteiger partial charge on any atom is 0.246 e. The van der Waals surface area contributed by atoms with E-state index < -0.39 is 82.8 Å². The van der Waals surface area contributed by atoms with Crippen molar-refractivity contribution in [3.05, 3.63) is 70.8 Å². The molecule has 432 valence electrons. The summed E-state index contributed by atoms with van der Waals surface area (Å²) in [5, 5.41) is 24.6. The molecule has 5 aliphatic rings. The topological polar surface area (TPSA) is 239 Å². The van der Waals surface area contributed by atoms with Crippen molar-refractivity contribution in [2.24, 2.45) is 22.7 Å². The highest BCUT2D eigenvalue weighted by molar-refractivity contribution is 5.96. The van der Waals surface area contributed by atoms with Crippen LogP contribution in [0.25, 0.3) is 0 Å². The predicted molar refractivity (Wildman–Crippen MR) is 304 cm³/mol. The number of benzene rings is 2. The van der Waals surface area contributed by atoms with Crippen molar-refractivity contribution in [1.82, 2.24) is 52.3 Å². The van der Waals surface area contributed by atoms with Crippen molar-refractivity contribution in [2.45, 2.75) is 193 Å². The van der Waals surface area contributed by atoms with Crippen molar-refractivity contribution < 1.29 is 38.4 Å². The Morgan fingerprint density at radius 3 is 1.23 bits per heavy atom. The van der Waals surface area contributed by atoms with Crippen LogP contribution in [0.4, 0.5) is 0 Å². The molecule has 8 N–H and O–H groups in total. The van der Waals surface area contributed by atoms with Crippen LogP contribution in [0.5, 0.6) is 0 Å². The number of amides is 8. The van der Waals surface area contributed by atoms with Gasteiger partial charge in [-0.05, 0) is 132 Å². The van der Waals surface area contributed by atoms with Crippen molar-refractivity contribution in [2.75, 3.05) is 27.2 Å². The van der Waals surface area contributed by atoms with Crippen LogP contribution in [0.3, 0.4) is 0 Å². The van der Waals surface area contributed by atoms with Gasteiger partial charge in [0.25, 0.3) is 0 Å². The van der Waals surface area contributed by atoms with Gasteiger partial charge in [-0.25, -0.2) is 0 Å². The van der Waals surface area contributed by atoms with Crippen LogP contribution < -0.4 is 42.5 Å². The quantitative estimate of drug-likeness (QED) is 0.117. The van der Waals surface area contributed by atoms with Gasteiger partial charge in [0, 0.05) is 37.0 Å². The van der Waals surface area contributed by atoms with Crippen LogP contribution >= 0.6 is 24.8 Å². The first kappa shape index (κ1) is 63.5. The molecule has 2 heterocycles. The summed E-state index contributed by atoms with van der Waals surface area (Å²) in [6.45, 7) is 14.7. The van der Waals surface area contributed by atoms with Gasteiger partial charge in [-0.15, -0.1) is 24.8 Å². The summed E-state index contributed by atoms with van der Waals surface area (Å²) >= 11 is 0. The van der Waals surface area contributed by atoms with Gasteiger partial charge >= 0.3 is 0 Å². The Morgan fingerprint density at radius 2 is 0.872 bits per heavy atom. The van der Waals surface area contributed by atoms with Gasteiger partial charge in [0.15, 0.2) is 0 Å². The third kappa shape index (κ3) is 15.1. The molecule has 2 aliphatic heterocycles. The summed E-state index contributed by atoms with van der Waals surface area (Å²) in [6, 6.07) is 9.56. The molecule has 0 radical (unpaired) electrons. The lowest BCUT2D eigenvalue weighted by atomic mass is 9.80. The van der Waals surface area contributed by atoms with Crippen LogP contribution in [0.1, 0.15) is 154 Å². The number of likely N-dealkylation sites (N-methyl/N-ethyl adjacent to an activating group) is 2. The number of nitrogens with zero attached hydrogens (tertiary/aromatic N) is 2. The molecule has 3 fully saturated rings. The Hall–Kier alpha value is -5.30. The molecule has 2 saturated heterocycles. The number of carbonyl (C=O) groups excluding carboxylic acids is 8. The third-order valence-electron chi connectivity index (χ3n) is 16.7. The molecule has 1 saturated carbocycles. The first-order valence-corrected chi connectivity index (χ1v) is 27.9. The Balaban J connectivity index is 0.00000560. The number of aryl methyl sites for hydroxylation is 2. The molecular weight excluding hydrogens is 1040 g/mol. The SMILES string of the molecule is CN[C@@H](C)C(=O)NC(C(=O)N1C[C@@H](NC(=O)C2CCCC(C(=O)N[C@H]3C[C@@H](C(=O)N[C@@H]4CCCc5ccccc54)N(C(=O)[C@@H](NC(=O)[C@H](C)NC)C(C)(C)C)C3)C2)CC1C(=O)N[C@@H]1CCCc2ccccc21)C(C)(C)C.Cl.Cl. The highest BCUT2D eigenvalue weighted by Crippen LogP contribution is 2.35. The molecule has 3 aliphatic carbocycles. The second-order valence-corrected chi connectivity index (χ2v) is 24.4. The number of hydrogen-bond donors (Lipinski definition) is 8. The lowest BCUT2D eigenvalue weighted by Gasteiger charge is -2.36. The molecule has 4 unspecified atom stereocenters. The van der Waals surface area contributed by atoms with E-state index in [9.17, 15) is 38.4 Å². The van der Waals surface area contributed by atoms with E-state index in [1.54, 1.807) is 27.9 Å². The fourth-order valence-corrected chi connectivity index (χ4v) is 11.9. The van der Waals surface area contributed by atoms with E-state index in [0.717, 1.165) is 49.7 Å². The van der Waals surface area contributed by atoms with Crippen LogP contribution in [0.2, 0.25) is 0 Å². The van der Waals surface area contributed by atoms with Gasteiger partial charge in [-0.1, -0.05) is 96.5 Å². The molecule has 7 rings (SSSR count). The maximum atomic E-state index is 14.7.